The van der Waals surface area contributed by atoms with Gasteiger partial charge in [0.25, 0.3) is 5.91 Å². The minimum Gasteiger partial charge on any atom is -0.451 e. The van der Waals surface area contributed by atoms with Crippen LogP contribution in [0.2, 0.25) is 0 Å². The number of carbonyl (C=O) groups excluding carboxylic acids is 1. The Morgan fingerprint density at radius 3 is 2.86 bits per heavy atom. The largest absolute Gasteiger partial charge is 0.451 e. The summed E-state index contributed by atoms with van der Waals surface area (Å²) in [5.74, 6) is 0.693. The summed E-state index contributed by atoms with van der Waals surface area (Å²) in [4.78, 5) is 12.5. The second kappa shape index (κ2) is 5.90. The molecular weight excluding hydrogens is 264 g/mol. The van der Waals surface area contributed by atoms with E-state index in [2.05, 4.69) is 5.32 Å². The van der Waals surface area contributed by atoms with Gasteiger partial charge in [0.1, 0.15) is 5.58 Å². The lowest BCUT2D eigenvalue weighted by Gasteiger charge is -2.31. The number of fused-ring (bicyclic) bond motifs is 1. The lowest BCUT2D eigenvalue weighted by atomic mass is 9.84. The predicted molar refractivity (Wildman–Crippen MR) is 83.2 cm³/mol. The van der Waals surface area contributed by atoms with E-state index in [4.69, 9.17) is 10.2 Å². The van der Waals surface area contributed by atoms with Crippen LogP contribution in [-0.2, 0) is 0 Å². The molecule has 0 radical (unpaired) electrons. The van der Waals surface area contributed by atoms with Gasteiger partial charge < -0.3 is 15.5 Å². The summed E-state index contributed by atoms with van der Waals surface area (Å²) in [7, 11) is 0. The van der Waals surface area contributed by atoms with Gasteiger partial charge in [0.05, 0.1) is 0 Å². The number of hydrogen-bond donors (Lipinski definition) is 2. The average molecular weight is 286 g/mol. The second-order valence-corrected chi connectivity index (χ2v) is 5.91. The van der Waals surface area contributed by atoms with Gasteiger partial charge in [-0.3, -0.25) is 4.79 Å². The van der Waals surface area contributed by atoms with Crippen molar-refractivity contribution in [3.05, 3.63) is 35.6 Å². The fraction of sp³-hybridized carbons (Fsp3) is 0.471. The fourth-order valence-corrected chi connectivity index (χ4v) is 3.30. The second-order valence-electron chi connectivity index (χ2n) is 5.91. The van der Waals surface area contributed by atoms with Crippen molar-refractivity contribution in [2.75, 3.05) is 6.54 Å². The monoisotopic (exact) mass is 286 g/mol. The summed E-state index contributed by atoms with van der Waals surface area (Å²) in [6.45, 7) is 2.56. The molecule has 1 fully saturated rings. The molecule has 1 heterocycles. The number of nitrogens with two attached hydrogens (primary N) is 1. The number of carbonyl (C=O) groups is 1. The van der Waals surface area contributed by atoms with E-state index < -0.39 is 0 Å². The molecule has 3 rings (SSSR count). The highest BCUT2D eigenvalue weighted by atomic mass is 16.3. The molecule has 112 valence electrons. The first kappa shape index (κ1) is 14.1. The van der Waals surface area contributed by atoms with Crippen LogP contribution in [0.15, 0.2) is 28.7 Å². The molecule has 0 saturated heterocycles. The van der Waals surface area contributed by atoms with Crippen LogP contribution < -0.4 is 11.1 Å². The van der Waals surface area contributed by atoms with E-state index in [0.717, 1.165) is 35.8 Å². The number of rotatable bonds is 3. The van der Waals surface area contributed by atoms with Gasteiger partial charge in [0.15, 0.2) is 5.76 Å². The smallest absolute Gasteiger partial charge is 0.287 e. The van der Waals surface area contributed by atoms with Gasteiger partial charge in [-0.05, 0) is 38.3 Å². The highest BCUT2D eigenvalue weighted by Crippen LogP contribution is 2.27. The standard InChI is InChI=1S/C17H22N2O2/c1-11-13-7-3-5-9-15(13)21-16(11)17(20)19-14-8-4-2-6-12(14)10-18/h3,5,7,9,12,14H,2,4,6,8,10,18H2,1H3,(H,19,20). The van der Waals surface area contributed by atoms with Crippen LogP contribution in [0.25, 0.3) is 11.0 Å². The van der Waals surface area contributed by atoms with Crippen LogP contribution in [0.5, 0.6) is 0 Å². The van der Waals surface area contributed by atoms with Crippen molar-refractivity contribution in [1.82, 2.24) is 5.32 Å². The number of nitrogens with one attached hydrogen (secondary N) is 1. The molecule has 4 heteroatoms. The minimum absolute atomic E-state index is 0.117. The third kappa shape index (κ3) is 2.68. The highest BCUT2D eigenvalue weighted by Gasteiger charge is 2.27. The van der Waals surface area contributed by atoms with Gasteiger partial charge in [-0.15, -0.1) is 0 Å². The third-order valence-corrected chi connectivity index (χ3v) is 4.58. The highest BCUT2D eigenvalue weighted by molar-refractivity contribution is 5.99. The first-order chi connectivity index (χ1) is 10.2. The zero-order chi connectivity index (χ0) is 14.8. The Bertz CT molecular complexity index is 647. The minimum atomic E-state index is -0.117. The normalized spacial score (nSPS) is 22.4. The summed E-state index contributed by atoms with van der Waals surface area (Å²) < 4.78 is 5.73. The quantitative estimate of drug-likeness (QED) is 0.911. The predicted octanol–water partition coefficient (Wildman–Crippen LogP) is 2.99. The molecular formula is C17H22N2O2. The number of furan rings is 1. The zero-order valence-corrected chi connectivity index (χ0v) is 12.4. The molecule has 0 aliphatic heterocycles. The lowest BCUT2D eigenvalue weighted by Crippen LogP contribution is -2.44. The SMILES string of the molecule is Cc1c(C(=O)NC2CCCCC2CN)oc2ccccc12. The lowest BCUT2D eigenvalue weighted by molar-refractivity contribution is 0.0881. The van der Waals surface area contributed by atoms with Crippen LogP contribution in [0.3, 0.4) is 0 Å². The van der Waals surface area contributed by atoms with Crippen LogP contribution in [0, 0.1) is 12.8 Å². The van der Waals surface area contributed by atoms with Gasteiger partial charge in [0.2, 0.25) is 0 Å². The Kier molecular flexibility index (Phi) is 3.97. The van der Waals surface area contributed by atoms with E-state index in [9.17, 15) is 4.79 Å². The maximum Gasteiger partial charge on any atom is 0.287 e. The molecule has 1 saturated carbocycles. The Hall–Kier alpha value is -1.81. The third-order valence-electron chi connectivity index (χ3n) is 4.58. The first-order valence-corrected chi connectivity index (χ1v) is 7.69. The molecule has 2 atom stereocenters. The maximum absolute atomic E-state index is 12.5. The molecule has 2 aromatic rings. The van der Waals surface area contributed by atoms with E-state index in [1.807, 2.05) is 31.2 Å². The van der Waals surface area contributed by atoms with E-state index in [1.165, 1.54) is 6.42 Å². The zero-order valence-electron chi connectivity index (χ0n) is 12.4. The van der Waals surface area contributed by atoms with E-state index in [-0.39, 0.29) is 11.9 Å². The molecule has 0 spiro atoms. The molecule has 2 unspecified atom stereocenters. The molecule has 3 N–H and O–H groups in total. The number of benzene rings is 1. The van der Waals surface area contributed by atoms with Crippen LogP contribution in [0.4, 0.5) is 0 Å². The molecule has 1 aliphatic carbocycles. The molecule has 21 heavy (non-hydrogen) atoms. The van der Waals surface area contributed by atoms with Gasteiger partial charge in [0, 0.05) is 17.0 Å². The van der Waals surface area contributed by atoms with Crippen LogP contribution >= 0.6 is 0 Å². The van der Waals surface area contributed by atoms with Crippen molar-refractivity contribution in [3.8, 4) is 0 Å². The summed E-state index contributed by atoms with van der Waals surface area (Å²) in [5.41, 5.74) is 7.49. The van der Waals surface area contributed by atoms with Gasteiger partial charge >= 0.3 is 0 Å². The van der Waals surface area contributed by atoms with Gasteiger partial charge in [-0.2, -0.15) is 0 Å². The molecule has 4 nitrogen and oxygen atoms in total. The molecule has 1 amide bonds. The van der Waals surface area contributed by atoms with Crippen molar-refractivity contribution in [2.45, 2.75) is 38.6 Å². The molecule has 1 aliphatic rings. The maximum atomic E-state index is 12.5. The first-order valence-electron chi connectivity index (χ1n) is 7.69. The summed E-state index contributed by atoms with van der Waals surface area (Å²) in [6.07, 6.45) is 4.46. The molecule has 0 bridgehead atoms. The van der Waals surface area contributed by atoms with Gasteiger partial charge in [-0.25, -0.2) is 0 Å². The number of hydrogen-bond acceptors (Lipinski definition) is 3. The van der Waals surface area contributed by atoms with E-state index >= 15 is 0 Å². The average Bonchev–Trinajstić information content (AvgIpc) is 2.85. The topological polar surface area (TPSA) is 68.3 Å². The number of para-hydroxylation sites is 1. The Balaban J connectivity index is 1.82. The number of aryl methyl sites for hydroxylation is 1. The van der Waals surface area contributed by atoms with E-state index in [0.29, 0.717) is 18.2 Å². The summed E-state index contributed by atoms with van der Waals surface area (Å²) in [6, 6.07) is 7.91. The molecule has 1 aromatic carbocycles. The molecule has 1 aromatic heterocycles. The fourth-order valence-electron chi connectivity index (χ4n) is 3.30. The summed E-state index contributed by atoms with van der Waals surface area (Å²) >= 11 is 0. The summed E-state index contributed by atoms with van der Waals surface area (Å²) in [5, 5.41) is 4.13. The van der Waals surface area contributed by atoms with E-state index in [1.54, 1.807) is 0 Å². The Morgan fingerprint density at radius 2 is 2.10 bits per heavy atom. The Labute approximate surface area is 124 Å². The van der Waals surface area contributed by atoms with Crippen LogP contribution in [-0.4, -0.2) is 18.5 Å². The van der Waals surface area contributed by atoms with Crippen molar-refractivity contribution in [3.63, 3.8) is 0 Å². The van der Waals surface area contributed by atoms with Crippen molar-refractivity contribution in [1.29, 1.82) is 0 Å². The van der Waals surface area contributed by atoms with Gasteiger partial charge in [-0.1, -0.05) is 31.0 Å². The van der Waals surface area contributed by atoms with Crippen molar-refractivity contribution in [2.24, 2.45) is 11.7 Å². The van der Waals surface area contributed by atoms with Crippen LogP contribution in [0.1, 0.15) is 41.8 Å². The Morgan fingerprint density at radius 1 is 1.33 bits per heavy atom. The van der Waals surface area contributed by atoms with Crippen molar-refractivity contribution < 1.29 is 9.21 Å². The van der Waals surface area contributed by atoms with Crippen molar-refractivity contribution >= 4 is 16.9 Å². The number of amides is 1.